The third-order valence-corrected chi connectivity index (χ3v) is 7.04. The number of aromatic nitrogens is 1. The lowest BCUT2D eigenvalue weighted by Gasteiger charge is -2.13. The van der Waals surface area contributed by atoms with Gasteiger partial charge in [-0.15, -0.1) is 0 Å². The fourth-order valence-corrected chi connectivity index (χ4v) is 5.49. The molecule has 1 heterocycles. The first kappa shape index (κ1) is 20.4. The second kappa shape index (κ2) is 7.79. The van der Waals surface area contributed by atoms with Crippen LogP contribution in [0.5, 0.6) is 0 Å². The van der Waals surface area contributed by atoms with Crippen LogP contribution >= 0.6 is 0 Å². The molecule has 0 aliphatic rings. The molecule has 170 valence electrons. The highest BCUT2D eigenvalue weighted by Gasteiger charge is 2.22. The number of benzene rings is 6. The number of nitro benzene ring substituents is 1. The summed E-state index contributed by atoms with van der Waals surface area (Å²) in [6, 6.07) is 40.5. The van der Waals surface area contributed by atoms with Crippen molar-refractivity contribution in [3.05, 3.63) is 131 Å². The third kappa shape index (κ3) is 2.95. The van der Waals surface area contributed by atoms with E-state index < -0.39 is 0 Å². The van der Waals surface area contributed by atoms with Crippen molar-refractivity contribution in [2.75, 3.05) is 0 Å². The second-order valence-corrected chi connectivity index (χ2v) is 9.03. The number of nitro groups is 1. The van der Waals surface area contributed by atoms with E-state index in [0.29, 0.717) is 5.56 Å². The summed E-state index contributed by atoms with van der Waals surface area (Å²) in [7, 11) is 0. The average Bonchev–Trinajstić information content (AvgIpc) is 3.27. The fraction of sp³-hybridized carbons (Fsp3) is 0. The van der Waals surface area contributed by atoms with Gasteiger partial charge in [0.2, 0.25) is 0 Å². The van der Waals surface area contributed by atoms with Crippen LogP contribution in [0.4, 0.5) is 5.69 Å². The van der Waals surface area contributed by atoms with Gasteiger partial charge in [-0.2, -0.15) is 0 Å². The van der Waals surface area contributed by atoms with Crippen molar-refractivity contribution < 1.29 is 4.92 Å². The zero-order valence-electron chi connectivity index (χ0n) is 19.3. The summed E-state index contributed by atoms with van der Waals surface area (Å²) in [6.45, 7) is 0. The normalized spacial score (nSPS) is 11.6. The van der Waals surface area contributed by atoms with Crippen molar-refractivity contribution in [2.24, 2.45) is 0 Å². The van der Waals surface area contributed by atoms with Crippen molar-refractivity contribution in [3.63, 3.8) is 0 Å². The van der Waals surface area contributed by atoms with Crippen molar-refractivity contribution in [1.29, 1.82) is 0 Å². The van der Waals surface area contributed by atoms with E-state index in [0.717, 1.165) is 54.6 Å². The summed E-state index contributed by atoms with van der Waals surface area (Å²) in [6.07, 6.45) is 0. The van der Waals surface area contributed by atoms with Crippen molar-refractivity contribution in [1.82, 2.24) is 4.57 Å². The summed E-state index contributed by atoms with van der Waals surface area (Å²) in [5.74, 6) is 0. The van der Waals surface area contributed by atoms with Crippen LogP contribution in [0.25, 0.3) is 60.2 Å². The maximum Gasteiger partial charge on any atom is 0.277 e. The molecule has 0 atom stereocenters. The van der Waals surface area contributed by atoms with Crippen LogP contribution in [-0.4, -0.2) is 9.49 Å². The van der Waals surface area contributed by atoms with Gasteiger partial charge in [0, 0.05) is 27.9 Å². The van der Waals surface area contributed by atoms with Crippen LogP contribution in [-0.2, 0) is 0 Å². The lowest BCUT2D eigenvalue weighted by molar-refractivity contribution is -0.384. The molecule has 0 aliphatic heterocycles. The van der Waals surface area contributed by atoms with E-state index in [9.17, 15) is 10.1 Å². The highest BCUT2D eigenvalue weighted by molar-refractivity contribution is 6.22. The Hall–Kier alpha value is -4.96. The minimum absolute atomic E-state index is 0.116. The molecule has 36 heavy (non-hydrogen) atoms. The Kier molecular flexibility index (Phi) is 4.42. The fourth-order valence-electron chi connectivity index (χ4n) is 5.49. The molecule has 0 fully saturated rings. The monoisotopic (exact) mass is 464 g/mol. The van der Waals surface area contributed by atoms with Crippen molar-refractivity contribution in [3.8, 4) is 16.8 Å². The molecule has 0 saturated carbocycles. The van der Waals surface area contributed by atoms with Gasteiger partial charge in [-0.3, -0.25) is 10.1 Å². The Balaban J connectivity index is 1.68. The first-order chi connectivity index (χ1) is 17.7. The Bertz CT molecular complexity index is 1970. The minimum Gasteiger partial charge on any atom is -0.309 e. The molecular weight excluding hydrogens is 444 g/mol. The molecule has 0 spiro atoms. The van der Waals surface area contributed by atoms with Crippen molar-refractivity contribution >= 4 is 49.0 Å². The minimum atomic E-state index is -0.270. The first-order valence-corrected chi connectivity index (χ1v) is 11.9. The van der Waals surface area contributed by atoms with Gasteiger partial charge < -0.3 is 4.57 Å². The molecule has 0 amide bonds. The topological polar surface area (TPSA) is 48.1 Å². The number of hydrogen-bond donors (Lipinski definition) is 0. The molecule has 0 radical (unpaired) electrons. The van der Waals surface area contributed by atoms with E-state index in [4.69, 9.17) is 0 Å². The highest BCUT2D eigenvalue weighted by Crippen LogP contribution is 2.44. The number of para-hydroxylation sites is 2. The highest BCUT2D eigenvalue weighted by atomic mass is 16.6. The van der Waals surface area contributed by atoms with Crippen LogP contribution in [0.3, 0.4) is 0 Å². The van der Waals surface area contributed by atoms with Gasteiger partial charge in [-0.25, -0.2) is 0 Å². The SMILES string of the molecule is O=[N+]([O-])c1cc2ccccc2cc1-c1cc2c3ccccc3n(-c3ccccc3)c2c2ccccc12. The summed E-state index contributed by atoms with van der Waals surface area (Å²) in [5, 5.41) is 18.3. The van der Waals surface area contributed by atoms with Crippen LogP contribution in [0.1, 0.15) is 0 Å². The molecule has 0 N–H and O–H groups in total. The summed E-state index contributed by atoms with van der Waals surface area (Å²) < 4.78 is 2.30. The molecule has 0 saturated heterocycles. The maximum absolute atomic E-state index is 12.2. The standard InChI is InChI=1S/C32H20N2O2/c35-34(36)31-19-22-11-5-4-10-21(22)18-28(31)27-20-29-25-15-8-9-17-30(25)33(23-12-2-1-3-13-23)32(29)26-16-7-6-14-24(26)27/h1-20H. The van der Waals surface area contributed by atoms with Gasteiger partial charge in [-0.1, -0.05) is 84.9 Å². The van der Waals surface area contributed by atoms with E-state index in [-0.39, 0.29) is 10.6 Å². The van der Waals surface area contributed by atoms with Gasteiger partial charge in [-0.05, 0) is 52.1 Å². The van der Waals surface area contributed by atoms with Gasteiger partial charge >= 0.3 is 0 Å². The smallest absolute Gasteiger partial charge is 0.277 e. The zero-order valence-corrected chi connectivity index (χ0v) is 19.3. The Morgan fingerprint density at radius 3 is 1.92 bits per heavy atom. The lowest BCUT2D eigenvalue weighted by atomic mass is 9.92. The molecule has 7 rings (SSSR count). The molecule has 0 bridgehead atoms. The molecular formula is C32H20N2O2. The third-order valence-electron chi connectivity index (χ3n) is 7.04. The van der Waals surface area contributed by atoms with E-state index in [1.165, 1.54) is 0 Å². The van der Waals surface area contributed by atoms with E-state index in [2.05, 4.69) is 53.1 Å². The molecule has 0 aliphatic carbocycles. The Labute approximate surface area is 206 Å². The van der Waals surface area contributed by atoms with Gasteiger partial charge in [0.15, 0.2) is 0 Å². The summed E-state index contributed by atoms with van der Waals surface area (Å²) >= 11 is 0. The van der Waals surface area contributed by atoms with Gasteiger partial charge in [0.05, 0.1) is 21.5 Å². The first-order valence-electron chi connectivity index (χ1n) is 11.9. The summed E-state index contributed by atoms with van der Waals surface area (Å²) in [5.41, 5.74) is 4.90. The van der Waals surface area contributed by atoms with Gasteiger partial charge in [0.1, 0.15) is 0 Å². The number of hydrogen-bond acceptors (Lipinski definition) is 2. The Morgan fingerprint density at radius 1 is 0.556 bits per heavy atom. The molecule has 1 aromatic heterocycles. The molecule has 4 nitrogen and oxygen atoms in total. The van der Waals surface area contributed by atoms with E-state index >= 15 is 0 Å². The Morgan fingerprint density at radius 2 is 1.17 bits per heavy atom. The van der Waals surface area contributed by atoms with Gasteiger partial charge in [0.25, 0.3) is 5.69 Å². The number of nitrogens with zero attached hydrogens (tertiary/aromatic N) is 2. The summed E-state index contributed by atoms with van der Waals surface area (Å²) in [4.78, 5) is 12.0. The maximum atomic E-state index is 12.2. The predicted molar refractivity (Wildman–Crippen MR) is 148 cm³/mol. The van der Waals surface area contributed by atoms with Crippen molar-refractivity contribution in [2.45, 2.75) is 0 Å². The van der Waals surface area contributed by atoms with Crippen LogP contribution < -0.4 is 0 Å². The number of rotatable bonds is 3. The average molecular weight is 465 g/mol. The van der Waals surface area contributed by atoms with E-state index in [1.807, 2.05) is 66.7 Å². The molecule has 4 heteroatoms. The number of fused-ring (bicyclic) bond motifs is 6. The molecule has 6 aromatic carbocycles. The van der Waals surface area contributed by atoms with Crippen LogP contribution in [0, 0.1) is 10.1 Å². The largest absolute Gasteiger partial charge is 0.309 e. The van der Waals surface area contributed by atoms with Crippen LogP contribution in [0.2, 0.25) is 0 Å². The lowest BCUT2D eigenvalue weighted by Crippen LogP contribution is -1.96. The van der Waals surface area contributed by atoms with Crippen LogP contribution in [0.15, 0.2) is 121 Å². The molecule has 0 unspecified atom stereocenters. The zero-order chi connectivity index (χ0) is 24.2. The van der Waals surface area contributed by atoms with E-state index in [1.54, 1.807) is 6.07 Å². The predicted octanol–water partition coefficient (Wildman–Crippen LogP) is 8.67. The molecule has 7 aromatic rings. The second-order valence-electron chi connectivity index (χ2n) is 9.03. The quantitative estimate of drug-likeness (QED) is 0.194.